The number of hydrogen-bond acceptors (Lipinski definition) is 2. The predicted molar refractivity (Wildman–Crippen MR) is 86.0 cm³/mol. The maximum absolute atomic E-state index is 13.0. The van der Waals surface area contributed by atoms with E-state index in [4.69, 9.17) is 0 Å². The van der Waals surface area contributed by atoms with Gasteiger partial charge in [0.2, 0.25) is 0 Å². The van der Waals surface area contributed by atoms with Crippen LogP contribution in [0, 0.1) is 17.7 Å². The molecule has 0 aromatic heterocycles. The first-order valence-electron chi connectivity index (χ1n) is 7.67. The van der Waals surface area contributed by atoms with Crippen LogP contribution in [-0.4, -0.2) is 22.9 Å². The molecule has 2 aromatic rings. The number of aliphatic hydroxyl groups excluding tert-OH is 2. The van der Waals surface area contributed by atoms with Crippen LogP contribution in [0.15, 0.2) is 54.6 Å². The monoisotopic (exact) mass is 302 g/mol. The first-order chi connectivity index (χ1) is 10.6. The van der Waals surface area contributed by atoms with Gasteiger partial charge in [0, 0.05) is 6.61 Å². The molecule has 2 N–H and O–H groups in total. The van der Waals surface area contributed by atoms with E-state index in [2.05, 4.69) is 0 Å². The van der Waals surface area contributed by atoms with E-state index in [-0.39, 0.29) is 24.3 Å². The van der Waals surface area contributed by atoms with Gasteiger partial charge < -0.3 is 10.2 Å². The molecule has 0 saturated carbocycles. The van der Waals surface area contributed by atoms with Crippen LogP contribution in [0.4, 0.5) is 4.39 Å². The van der Waals surface area contributed by atoms with Crippen LogP contribution in [-0.2, 0) is 12.8 Å². The van der Waals surface area contributed by atoms with Gasteiger partial charge in [-0.2, -0.15) is 0 Å². The predicted octanol–water partition coefficient (Wildman–Crippen LogP) is 3.22. The van der Waals surface area contributed by atoms with Crippen molar-refractivity contribution in [2.75, 3.05) is 6.61 Å². The molecule has 3 atom stereocenters. The lowest BCUT2D eigenvalue weighted by Crippen LogP contribution is -2.31. The summed E-state index contributed by atoms with van der Waals surface area (Å²) in [5.41, 5.74) is 2.12. The Morgan fingerprint density at radius 3 is 2.05 bits per heavy atom. The second-order valence-corrected chi connectivity index (χ2v) is 5.87. The highest BCUT2D eigenvalue weighted by Crippen LogP contribution is 2.25. The summed E-state index contributed by atoms with van der Waals surface area (Å²) in [7, 11) is 0. The van der Waals surface area contributed by atoms with Gasteiger partial charge in [-0.05, 0) is 54.9 Å². The molecule has 0 aliphatic heterocycles. The smallest absolute Gasteiger partial charge is 0.123 e. The van der Waals surface area contributed by atoms with Crippen molar-refractivity contribution in [3.8, 4) is 0 Å². The third-order valence-corrected chi connectivity index (χ3v) is 4.19. The zero-order chi connectivity index (χ0) is 15.9. The molecule has 118 valence electrons. The Hall–Kier alpha value is -1.71. The Balaban J connectivity index is 2.12. The molecule has 2 aromatic carbocycles. The fourth-order valence-corrected chi connectivity index (χ4v) is 2.89. The molecule has 0 saturated heterocycles. The first kappa shape index (κ1) is 16.7. The molecule has 0 aliphatic rings. The minimum absolute atomic E-state index is 0.0195. The molecular weight excluding hydrogens is 279 g/mol. The third-order valence-electron chi connectivity index (χ3n) is 4.19. The highest BCUT2D eigenvalue weighted by molar-refractivity contribution is 5.18. The fourth-order valence-electron chi connectivity index (χ4n) is 2.89. The molecule has 0 fully saturated rings. The molecular formula is C19H23FO2. The van der Waals surface area contributed by atoms with Crippen LogP contribution < -0.4 is 0 Å². The van der Waals surface area contributed by atoms with Gasteiger partial charge in [0.15, 0.2) is 0 Å². The van der Waals surface area contributed by atoms with Crippen molar-refractivity contribution in [1.29, 1.82) is 0 Å². The van der Waals surface area contributed by atoms with E-state index in [0.29, 0.717) is 12.8 Å². The summed E-state index contributed by atoms with van der Waals surface area (Å²) in [5.74, 6) is -0.372. The minimum Gasteiger partial charge on any atom is -0.396 e. The van der Waals surface area contributed by atoms with Crippen LogP contribution in [0.25, 0.3) is 0 Å². The SMILES string of the molecule is C[C@H](O)[C@@H](Cc1ccc(F)cc1)[C@@H](CO)Cc1ccccc1. The van der Waals surface area contributed by atoms with Crippen molar-refractivity contribution in [1.82, 2.24) is 0 Å². The lowest BCUT2D eigenvalue weighted by atomic mass is 9.80. The highest BCUT2D eigenvalue weighted by atomic mass is 19.1. The van der Waals surface area contributed by atoms with Crippen LogP contribution in [0.5, 0.6) is 0 Å². The maximum Gasteiger partial charge on any atom is 0.123 e. The Labute approximate surface area is 131 Å². The van der Waals surface area contributed by atoms with E-state index in [0.717, 1.165) is 11.1 Å². The number of rotatable bonds is 7. The maximum atomic E-state index is 13.0. The lowest BCUT2D eigenvalue weighted by molar-refractivity contribution is 0.0599. The van der Waals surface area contributed by atoms with Gasteiger partial charge in [-0.25, -0.2) is 4.39 Å². The number of hydrogen-bond donors (Lipinski definition) is 2. The van der Waals surface area contributed by atoms with Crippen LogP contribution >= 0.6 is 0 Å². The molecule has 0 unspecified atom stereocenters. The van der Waals surface area contributed by atoms with Crippen molar-refractivity contribution < 1.29 is 14.6 Å². The van der Waals surface area contributed by atoms with Crippen molar-refractivity contribution in [2.45, 2.75) is 25.9 Å². The zero-order valence-corrected chi connectivity index (χ0v) is 12.8. The Morgan fingerprint density at radius 1 is 0.909 bits per heavy atom. The van der Waals surface area contributed by atoms with Gasteiger partial charge in [0.1, 0.15) is 5.82 Å². The van der Waals surface area contributed by atoms with Crippen LogP contribution in [0.1, 0.15) is 18.1 Å². The second-order valence-electron chi connectivity index (χ2n) is 5.87. The van der Waals surface area contributed by atoms with Crippen LogP contribution in [0.3, 0.4) is 0 Å². The molecule has 2 rings (SSSR count). The highest BCUT2D eigenvalue weighted by Gasteiger charge is 2.26. The molecule has 0 amide bonds. The van der Waals surface area contributed by atoms with Crippen LogP contribution in [0.2, 0.25) is 0 Å². The van der Waals surface area contributed by atoms with Crippen molar-refractivity contribution in [3.05, 3.63) is 71.5 Å². The summed E-state index contributed by atoms with van der Waals surface area (Å²) in [6, 6.07) is 16.3. The first-order valence-corrected chi connectivity index (χ1v) is 7.67. The number of benzene rings is 2. The minimum atomic E-state index is -0.536. The van der Waals surface area contributed by atoms with Crippen molar-refractivity contribution in [3.63, 3.8) is 0 Å². The van der Waals surface area contributed by atoms with Gasteiger partial charge in [-0.3, -0.25) is 0 Å². The van der Waals surface area contributed by atoms with Crippen molar-refractivity contribution in [2.24, 2.45) is 11.8 Å². The molecule has 0 bridgehead atoms. The summed E-state index contributed by atoms with van der Waals surface area (Å²) < 4.78 is 13.0. The average molecular weight is 302 g/mol. The molecule has 0 radical (unpaired) electrons. The van der Waals surface area contributed by atoms with Crippen molar-refractivity contribution >= 4 is 0 Å². The van der Waals surface area contributed by atoms with Gasteiger partial charge >= 0.3 is 0 Å². The normalized spacial score (nSPS) is 15.3. The largest absolute Gasteiger partial charge is 0.396 e. The van der Waals surface area contributed by atoms with E-state index < -0.39 is 6.10 Å². The molecule has 0 heterocycles. The van der Waals surface area contributed by atoms with Gasteiger partial charge in [0.05, 0.1) is 6.10 Å². The molecule has 22 heavy (non-hydrogen) atoms. The van der Waals surface area contributed by atoms with Gasteiger partial charge in [-0.15, -0.1) is 0 Å². The number of aliphatic hydroxyl groups is 2. The standard InChI is InChI=1S/C19H23FO2/c1-14(22)19(12-16-7-9-18(20)10-8-16)17(13-21)11-15-5-3-2-4-6-15/h2-10,14,17,19,21-22H,11-13H2,1H3/t14-,17+,19+/m0/s1. The van der Waals surface area contributed by atoms with E-state index in [1.807, 2.05) is 30.3 Å². The zero-order valence-electron chi connectivity index (χ0n) is 12.8. The topological polar surface area (TPSA) is 40.5 Å². The fraction of sp³-hybridized carbons (Fsp3) is 0.368. The van der Waals surface area contributed by atoms with E-state index in [1.165, 1.54) is 12.1 Å². The Morgan fingerprint density at radius 2 is 1.50 bits per heavy atom. The van der Waals surface area contributed by atoms with Gasteiger partial charge in [0.25, 0.3) is 0 Å². The van der Waals surface area contributed by atoms with E-state index in [1.54, 1.807) is 19.1 Å². The molecule has 0 aliphatic carbocycles. The summed E-state index contributed by atoms with van der Waals surface area (Å²) in [5, 5.41) is 19.9. The number of halogens is 1. The van der Waals surface area contributed by atoms with E-state index in [9.17, 15) is 14.6 Å². The van der Waals surface area contributed by atoms with Gasteiger partial charge in [-0.1, -0.05) is 42.5 Å². The Bertz CT molecular complexity index is 551. The third kappa shape index (κ3) is 4.65. The molecule has 0 spiro atoms. The van der Waals surface area contributed by atoms with E-state index >= 15 is 0 Å². The lowest BCUT2D eigenvalue weighted by Gasteiger charge is -2.28. The summed E-state index contributed by atoms with van der Waals surface area (Å²) in [4.78, 5) is 0. The summed E-state index contributed by atoms with van der Waals surface area (Å²) >= 11 is 0. The average Bonchev–Trinajstić information content (AvgIpc) is 2.53. The summed E-state index contributed by atoms with van der Waals surface area (Å²) in [6.07, 6.45) is 0.801. The molecule has 3 heteroatoms. The second kappa shape index (κ2) is 8.06. The Kier molecular flexibility index (Phi) is 6.10. The molecule has 2 nitrogen and oxygen atoms in total. The summed E-state index contributed by atoms with van der Waals surface area (Å²) in [6.45, 7) is 1.77. The quantitative estimate of drug-likeness (QED) is 0.824.